The molecule has 1 fully saturated rings. The third-order valence-electron chi connectivity index (χ3n) is 5.05. The second-order valence-electron chi connectivity index (χ2n) is 7.26. The molecule has 1 saturated heterocycles. The zero-order valence-electron chi connectivity index (χ0n) is 16.4. The Morgan fingerprint density at radius 2 is 1.63 bits per heavy atom. The van der Waals surface area contributed by atoms with E-state index in [4.69, 9.17) is 4.74 Å². The van der Waals surface area contributed by atoms with Crippen molar-refractivity contribution in [1.82, 2.24) is 14.4 Å². The minimum absolute atomic E-state index is 0.0158. The molecule has 0 aliphatic carbocycles. The summed E-state index contributed by atoms with van der Waals surface area (Å²) in [4.78, 5) is 29.2. The monoisotopic (exact) mass is 369 g/mol. The van der Waals surface area contributed by atoms with Crippen LogP contribution in [-0.2, 0) is 7.05 Å². The van der Waals surface area contributed by atoms with Crippen molar-refractivity contribution in [3.05, 3.63) is 53.3 Å². The smallest absolute Gasteiger partial charge is 0.257 e. The molecule has 0 radical (unpaired) electrons. The van der Waals surface area contributed by atoms with E-state index in [9.17, 15) is 9.59 Å². The van der Waals surface area contributed by atoms with Crippen LogP contribution in [0.1, 0.15) is 46.0 Å². The van der Waals surface area contributed by atoms with Gasteiger partial charge in [0.25, 0.3) is 11.8 Å². The Bertz CT molecular complexity index is 833. The van der Waals surface area contributed by atoms with Gasteiger partial charge in [-0.15, -0.1) is 0 Å². The van der Waals surface area contributed by atoms with Crippen LogP contribution in [0.15, 0.2) is 36.7 Å². The molecular weight excluding hydrogens is 342 g/mol. The molecule has 3 rings (SSSR count). The minimum atomic E-state index is -0.0406. The standard InChI is InChI=1S/C21H27N3O3/c1-15(2)16-5-6-19(27-4)18(13-16)21(26)24-11-9-23(10-12-24)20(25)17-7-8-22(3)14-17/h5-8,13-15H,9-12H2,1-4H3. The summed E-state index contributed by atoms with van der Waals surface area (Å²) < 4.78 is 7.26. The first kappa shape index (κ1) is 19.0. The highest BCUT2D eigenvalue weighted by Crippen LogP contribution is 2.26. The summed E-state index contributed by atoms with van der Waals surface area (Å²) in [6.07, 6.45) is 3.68. The predicted molar refractivity (Wildman–Crippen MR) is 104 cm³/mol. The lowest BCUT2D eigenvalue weighted by Crippen LogP contribution is -2.50. The second-order valence-corrected chi connectivity index (χ2v) is 7.26. The average Bonchev–Trinajstić information content (AvgIpc) is 3.12. The van der Waals surface area contributed by atoms with Gasteiger partial charge in [0.05, 0.1) is 18.2 Å². The van der Waals surface area contributed by atoms with Gasteiger partial charge < -0.3 is 19.1 Å². The number of ether oxygens (including phenoxy) is 1. The van der Waals surface area contributed by atoms with Gasteiger partial charge in [0.2, 0.25) is 0 Å². The van der Waals surface area contributed by atoms with Crippen molar-refractivity contribution in [3.63, 3.8) is 0 Å². The summed E-state index contributed by atoms with van der Waals surface area (Å²) in [5, 5.41) is 0. The van der Waals surface area contributed by atoms with E-state index < -0.39 is 0 Å². The predicted octanol–water partition coefficient (Wildman–Crippen LogP) is 2.76. The number of rotatable bonds is 4. The number of hydrogen-bond acceptors (Lipinski definition) is 3. The molecule has 0 spiro atoms. The van der Waals surface area contributed by atoms with Crippen molar-refractivity contribution in [1.29, 1.82) is 0 Å². The molecule has 0 saturated carbocycles. The zero-order valence-corrected chi connectivity index (χ0v) is 16.4. The topological polar surface area (TPSA) is 54.8 Å². The largest absolute Gasteiger partial charge is 0.496 e. The summed E-state index contributed by atoms with van der Waals surface area (Å²) in [6.45, 7) is 6.31. The van der Waals surface area contributed by atoms with Gasteiger partial charge in [0.1, 0.15) is 5.75 Å². The maximum absolute atomic E-state index is 13.0. The summed E-state index contributed by atoms with van der Waals surface area (Å²) in [7, 11) is 3.48. The third kappa shape index (κ3) is 3.99. The Morgan fingerprint density at radius 1 is 1.00 bits per heavy atom. The van der Waals surface area contributed by atoms with Crippen LogP contribution < -0.4 is 4.74 Å². The molecule has 6 heteroatoms. The van der Waals surface area contributed by atoms with Gasteiger partial charge in [0, 0.05) is 45.6 Å². The number of aromatic nitrogens is 1. The van der Waals surface area contributed by atoms with Gasteiger partial charge in [0.15, 0.2) is 0 Å². The number of carbonyl (C=O) groups is 2. The molecule has 2 amide bonds. The highest BCUT2D eigenvalue weighted by Gasteiger charge is 2.27. The molecule has 1 aromatic heterocycles. The molecule has 2 aromatic rings. The SMILES string of the molecule is COc1ccc(C(C)C)cc1C(=O)N1CCN(C(=O)c2ccn(C)c2)CC1. The molecule has 0 N–H and O–H groups in total. The van der Waals surface area contributed by atoms with Crippen LogP contribution in [0, 0.1) is 0 Å². The van der Waals surface area contributed by atoms with Gasteiger partial charge >= 0.3 is 0 Å². The Morgan fingerprint density at radius 3 is 2.15 bits per heavy atom. The van der Waals surface area contributed by atoms with Crippen LogP contribution in [0.3, 0.4) is 0 Å². The fourth-order valence-electron chi connectivity index (χ4n) is 3.35. The number of amides is 2. The zero-order chi connectivity index (χ0) is 19.6. The van der Waals surface area contributed by atoms with E-state index in [0.717, 1.165) is 5.56 Å². The van der Waals surface area contributed by atoms with Crippen LogP contribution >= 0.6 is 0 Å². The van der Waals surface area contributed by atoms with Crippen LogP contribution in [0.4, 0.5) is 0 Å². The number of carbonyl (C=O) groups excluding carboxylic acids is 2. The first-order chi connectivity index (χ1) is 12.9. The highest BCUT2D eigenvalue weighted by atomic mass is 16.5. The van der Waals surface area contributed by atoms with Crippen molar-refractivity contribution in [3.8, 4) is 5.75 Å². The maximum Gasteiger partial charge on any atom is 0.257 e. The molecule has 6 nitrogen and oxygen atoms in total. The number of piperazine rings is 1. The fourth-order valence-corrected chi connectivity index (χ4v) is 3.35. The molecule has 0 unspecified atom stereocenters. The molecular formula is C21H27N3O3. The maximum atomic E-state index is 13.0. The van der Waals surface area contributed by atoms with Crippen molar-refractivity contribution < 1.29 is 14.3 Å². The third-order valence-corrected chi connectivity index (χ3v) is 5.05. The van der Waals surface area contributed by atoms with Crippen molar-refractivity contribution in [2.75, 3.05) is 33.3 Å². The first-order valence-corrected chi connectivity index (χ1v) is 9.29. The molecule has 144 valence electrons. The van der Waals surface area contributed by atoms with Crippen molar-refractivity contribution in [2.45, 2.75) is 19.8 Å². The molecule has 2 heterocycles. The average molecular weight is 369 g/mol. The Hall–Kier alpha value is -2.76. The van der Waals surface area contributed by atoms with E-state index in [-0.39, 0.29) is 11.8 Å². The lowest BCUT2D eigenvalue weighted by Gasteiger charge is -2.35. The number of methoxy groups -OCH3 is 1. The van der Waals surface area contributed by atoms with Crippen LogP contribution in [0.25, 0.3) is 0 Å². The van der Waals surface area contributed by atoms with E-state index in [1.807, 2.05) is 48.3 Å². The van der Waals surface area contributed by atoms with Gasteiger partial charge in [-0.1, -0.05) is 19.9 Å². The summed E-state index contributed by atoms with van der Waals surface area (Å²) in [6, 6.07) is 7.60. The minimum Gasteiger partial charge on any atom is -0.496 e. The molecule has 0 bridgehead atoms. The number of hydrogen-bond donors (Lipinski definition) is 0. The van der Waals surface area contributed by atoms with E-state index in [2.05, 4.69) is 13.8 Å². The Balaban J connectivity index is 1.70. The molecule has 27 heavy (non-hydrogen) atoms. The Labute approximate surface area is 160 Å². The molecule has 1 aliphatic rings. The molecule has 0 atom stereocenters. The Kier molecular flexibility index (Phi) is 5.54. The fraction of sp³-hybridized carbons (Fsp3) is 0.429. The first-order valence-electron chi connectivity index (χ1n) is 9.29. The molecule has 1 aromatic carbocycles. The van der Waals surface area contributed by atoms with Gasteiger partial charge in [-0.2, -0.15) is 0 Å². The number of nitrogens with zero attached hydrogens (tertiary/aromatic N) is 3. The van der Waals surface area contributed by atoms with E-state index >= 15 is 0 Å². The van der Waals surface area contributed by atoms with Gasteiger partial charge in [-0.3, -0.25) is 9.59 Å². The summed E-state index contributed by atoms with van der Waals surface area (Å²) in [5.41, 5.74) is 2.38. The normalized spacial score (nSPS) is 14.6. The van der Waals surface area contributed by atoms with E-state index in [1.165, 1.54) is 0 Å². The molecule has 1 aliphatic heterocycles. The van der Waals surface area contributed by atoms with Gasteiger partial charge in [-0.05, 0) is 29.7 Å². The van der Waals surface area contributed by atoms with Crippen molar-refractivity contribution >= 4 is 11.8 Å². The van der Waals surface area contributed by atoms with Crippen LogP contribution in [0.5, 0.6) is 5.75 Å². The van der Waals surface area contributed by atoms with E-state index in [0.29, 0.717) is 49.0 Å². The lowest BCUT2D eigenvalue weighted by atomic mass is 9.99. The quantitative estimate of drug-likeness (QED) is 0.833. The van der Waals surface area contributed by atoms with Crippen LogP contribution in [-0.4, -0.2) is 59.5 Å². The summed E-state index contributed by atoms with van der Waals surface area (Å²) >= 11 is 0. The highest BCUT2D eigenvalue weighted by molar-refractivity contribution is 5.98. The second kappa shape index (κ2) is 7.86. The summed E-state index contributed by atoms with van der Waals surface area (Å²) in [5.74, 6) is 0.901. The van der Waals surface area contributed by atoms with Crippen molar-refractivity contribution in [2.24, 2.45) is 7.05 Å². The lowest BCUT2D eigenvalue weighted by molar-refractivity contribution is 0.0533. The van der Waals surface area contributed by atoms with E-state index in [1.54, 1.807) is 16.9 Å². The number of aryl methyl sites for hydroxylation is 1. The number of benzene rings is 1. The van der Waals surface area contributed by atoms with Gasteiger partial charge in [-0.25, -0.2) is 0 Å². The van der Waals surface area contributed by atoms with Crippen LogP contribution in [0.2, 0.25) is 0 Å².